The molecule has 1 aliphatic carbocycles. The van der Waals surface area contributed by atoms with E-state index < -0.39 is 59.0 Å². The van der Waals surface area contributed by atoms with Gasteiger partial charge in [0.05, 0.1) is 28.5 Å². The van der Waals surface area contributed by atoms with E-state index in [1.165, 1.54) is 9.47 Å². The number of anilines is 1. The van der Waals surface area contributed by atoms with Gasteiger partial charge in [-0.15, -0.1) is 5.10 Å². The van der Waals surface area contributed by atoms with E-state index in [2.05, 4.69) is 15.7 Å². The second kappa shape index (κ2) is 13.4. The van der Waals surface area contributed by atoms with Crippen molar-refractivity contribution in [3.05, 3.63) is 63.1 Å². The number of halogens is 4. The third kappa shape index (κ3) is 7.13. The summed E-state index contributed by atoms with van der Waals surface area (Å²) >= 11 is 0. The Labute approximate surface area is 285 Å². The van der Waals surface area contributed by atoms with Crippen LogP contribution in [0.5, 0.6) is 0 Å². The second-order valence-corrected chi connectivity index (χ2v) is 14.0. The summed E-state index contributed by atoms with van der Waals surface area (Å²) in [5.74, 6) is -1.67. The number of carbonyl (C=O) groups excluding carboxylic acids is 2. The normalized spacial score (nSPS) is 21.5. The van der Waals surface area contributed by atoms with Gasteiger partial charge in [0.25, 0.3) is 5.56 Å². The highest BCUT2D eigenvalue weighted by atomic mass is 19.4. The third-order valence-electron chi connectivity index (χ3n) is 9.35. The molecular weight excluding hydrogens is 662 g/mol. The van der Waals surface area contributed by atoms with E-state index in [9.17, 15) is 31.9 Å². The SMILES string of the molecule is CCc1c(C2CNCCN2C(=O)OC(C)(C)C)c(=O)n2nc(C3=CCC4(CCCO4)CC3)nc2n1CC(=O)Nc1ccc(C(F)(F)F)cc1F. The molecule has 2 unspecified atom stereocenters. The van der Waals surface area contributed by atoms with Gasteiger partial charge < -0.3 is 24.7 Å². The van der Waals surface area contributed by atoms with Crippen LogP contribution in [0.3, 0.4) is 0 Å². The second-order valence-electron chi connectivity index (χ2n) is 14.0. The number of benzene rings is 1. The van der Waals surface area contributed by atoms with E-state index in [-0.39, 0.29) is 36.5 Å². The molecule has 3 aliphatic rings. The highest BCUT2D eigenvalue weighted by Gasteiger charge is 2.39. The van der Waals surface area contributed by atoms with Crippen LogP contribution in [0.2, 0.25) is 0 Å². The average Bonchev–Trinajstić information content (AvgIpc) is 3.70. The molecule has 3 aromatic rings. The summed E-state index contributed by atoms with van der Waals surface area (Å²) in [6.07, 6.45) is 0.892. The van der Waals surface area contributed by atoms with Gasteiger partial charge in [-0.2, -0.15) is 22.7 Å². The first-order chi connectivity index (χ1) is 23.6. The highest BCUT2D eigenvalue weighted by molar-refractivity contribution is 5.91. The molecule has 270 valence electrons. The van der Waals surface area contributed by atoms with Gasteiger partial charge in [0.1, 0.15) is 18.0 Å². The first kappa shape index (κ1) is 35.5. The molecule has 2 N–H and O–H groups in total. The summed E-state index contributed by atoms with van der Waals surface area (Å²) in [6.45, 7) is 8.17. The summed E-state index contributed by atoms with van der Waals surface area (Å²) < 4.78 is 68.5. The number of nitrogens with one attached hydrogen (secondary N) is 2. The van der Waals surface area contributed by atoms with Crippen LogP contribution < -0.4 is 16.2 Å². The molecule has 1 spiro atoms. The van der Waals surface area contributed by atoms with Crippen LogP contribution in [-0.4, -0.2) is 73.5 Å². The number of allylic oxidation sites excluding steroid dienone is 1. The number of piperazine rings is 1. The molecule has 12 nitrogen and oxygen atoms in total. The number of rotatable bonds is 6. The van der Waals surface area contributed by atoms with E-state index in [0.717, 1.165) is 35.4 Å². The van der Waals surface area contributed by atoms with Crippen molar-refractivity contribution in [2.24, 2.45) is 0 Å². The molecule has 16 heteroatoms. The molecule has 2 fully saturated rings. The number of alkyl halides is 3. The molecule has 6 rings (SSSR count). The number of ether oxygens (including phenoxy) is 2. The number of hydrogen-bond acceptors (Lipinski definition) is 8. The predicted octanol–water partition coefficient (Wildman–Crippen LogP) is 5.25. The van der Waals surface area contributed by atoms with Crippen LogP contribution in [-0.2, 0) is 33.4 Å². The molecule has 2 atom stereocenters. The number of carbonyl (C=O) groups is 2. The summed E-state index contributed by atoms with van der Waals surface area (Å²) in [5.41, 5.74) is -1.74. The van der Waals surface area contributed by atoms with Crippen molar-refractivity contribution >= 4 is 29.0 Å². The van der Waals surface area contributed by atoms with Crippen LogP contribution in [0, 0.1) is 5.82 Å². The Morgan fingerprint density at radius 2 is 1.98 bits per heavy atom. The molecule has 2 saturated heterocycles. The minimum absolute atomic E-state index is 0.0551. The van der Waals surface area contributed by atoms with E-state index >= 15 is 0 Å². The van der Waals surface area contributed by atoms with Gasteiger partial charge in [0.2, 0.25) is 11.7 Å². The Morgan fingerprint density at radius 3 is 2.60 bits per heavy atom. The van der Waals surface area contributed by atoms with Gasteiger partial charge in [-0.3, -0.25) is 14.5 Å². The van der Waals surface area contributed by atoms with Crippen LogP contribution in [0.4, 0.5) is 28.0 Å². The first-order valence-electron chi connectivity index (χ1n) is 16.8. The highest BCUT2D eigenvalue weighted by Crippen LogP contribution is 2.41. The quantitative estimate of drug-likeness (QED) is 0.333. The monoisotopic (exact) mass is 703 g/mol. The number of nitrogens with zero attached hydrogens (tertiary/aromatic N) is 5. The zero-order valence-electron chi connectivity index (χ0n) is 28.5. The van der Waals surface area contributed by atoms with E-state index in [1.54, 1.807) is 27.7 Å². The van der Waals surface area contributed by atoms with Crippen LogP contribution in [0.1, 0.15) is 88.5 Å². The van der Waals surface area contributed by atoms with Crippen molar-refractivity contribution < 1.29 is 36.6 Å². The Balaban J connectivity index is 1.43. The molecule has 0 bridgehead atoms. The Morgan fingerprint density at radius 1 is 1.20 bits per heavy atom. The Hall–Kier alpha value is -4.31. The minimum Gasteiger partial charge on any atom is -0.444 e. The number of aromatic nitrogens is 4. The zero-order chi connectivity index (χ0) is 36.0. The van der Waals surface area contributed by atoms with Gasteiger partial charge >= 0.3 is 12.3 Å². The first-order valence-corrected chi connectivity index (χ1v) is 16.8. The maximum absolute atomic E-state index is 14.7. The van der Waals surface area contributed by atoms with Crippen molar-refractivity contribution in [1.29, 1.82) is 0 Å². The lowest BCUT2D eigenvalue weighted by molar-refractivity contribution is -0.137. The Bertz CT molecular complexity index is 1890. The maximum atomic E-state index is 14.7. The lowest BCUT2D eigenvalue weighted by Gasteiger charge is -2.38. The average molecular weight is 704 g/mol. The van der Waals surface area contributed by atoms with Crippen molar-refractivity contribution in [3.8, 4) is 0 Å². The van der Waals surface area contributed by atoms with E-state index in [4.69, 9.17) is 14.5 Å². The standard InChI is InChI=1S/C34H41F4N7O5/c1-5-24-27(25-18-39-14-15-43(25)31(48)50-32(2,3)4)29(47)45-30(41-28(42-45)20-9-12-33(13-10-20)11-6-16-49-33)44(24)19-26(46)40-23-8-7-21(17-22(23)35)34(36,37)38/h7-9,17,25,39H,5-6,10-16,18-19H2,1-4H3,(H,40,46). The number of hydrogen-bond donors (Lipinski definition) is 2. The number of amides is 2. The smallest absolute Gasteiger partial charge is 0.416 e. The fourth-order valence-electron chi connectivity index (χ4n) is 6.96. The predicted molar refractivity (Wildman–Crippen MR) is 175 cm³/mol. The lowest BCUT2D eigenvalue weighted by Crippen LogP contribution is -2.52. The van der Waals surface area contributed by atoms with Crippen LogP contribution in [0.15, 0.2) is 29.1 Å². The summed E-state index contributed by atoms with van der Waals surface area (Å²) in [5, 5.41) is 10.2. The molecule has 0 radical (unpaired) electrons. The summed E-state index contributed by atoms with van der Waals surface area (Å²) in [6, 6.07) is 1.04. The van der Waals surface area contributed by atoms with Gasteiger partial charge in [-0.05, 0) is 83.1 Å². The molecule has 2 aromatic heterocycles. The Kier molecular flexibility index (Phi) is 9.54. The molecule has 0 saturated carbocycles. The molecule has 2 aliphatic heterocycles. The molecule has 50 heavy (non-hydrogen) atoms. The number of fused-ring (bicyclic) bond motifs is 1. The van der Waals surface area contributed by atoms with Crippen molar-refractivity contribution in [2.75, 3.05) is 31.6 Å². The topological polar surface area (TPSA) is 132 Å². The molecule has 2 amide bonds. The van der Waals surface area contributed by atoms with Gasteiger partial charge in [-0.1, -0.05) is 13.0 Å². The summed E-state index contributed by atoms with van der Waals surface area (Å²) in [7, 11) is 0. The largest absolute Gasteiger partial charge is 0.444 e. The fraction of sp³-hybridized carbons (Fsp3) is 0.559. The zero-order valence-corrected chi connectivity index (χ0v) is 28.5. The third-order valence-corrected chi connectivity index (χ3v) is 9.35. The molecule has 4 heterocycles. The molecular formula is C34H41F4N7O5. The fourth-order valence-corrected chi connectivity index (χ4v) is 6.96. The van der Waals surface area contributed by atoms with Crippen LogP contribution in [0.25, 0.3) is 11.4 Å². The maximum Gasteiger partial charge on any atom is 0.416 e. The van der Waals surface area contributed by atoms with E-state index in [1.807, 2.05) is 6.08 Å². The van der Waals surface area contributed by atoms with Crippen molar-refractivity contribution in [3.63, 3.8) is 0 Å². The van der Waals surface area contributed by atoms with Crippen molar-refractivity contribution in [2.45, 2.75) is 96.2 Å². The van der Waals surface area contributed by atoms with Gasteiger partial charge in [0.15, 0.2) is 5.82 Å². The van der Waals surface area contributed by atoms with Crippen molar-refractivity contribution in [1.82, 2.24) is 29.4 Å². The van der Waals surface area contributed by atoms with Gasteiger partial charge in [-0.25, -0.2) is 9.18 Å². The van der Waals surface area contributed by atoms with Gasteiger partial charge in [0, 0.05) is 31.9 Å². The summed E-state index contributed by atoms with van der Waals surface area (Å²) in [4.78, 5) is 47.5. The van der Waals surface area contributed by atoms with Crippen LogP contribution >= 0.6 is 0 Å². The molecule has 1 aromatic carbocycles. The lowest BCUT2D eigenvalue weighted by atomic mass is 9.83. The minimum atomic E-state index is -4.76. The van der Waals surface area contributed by atoms with E-state index in [0.29, 0.717) is 49.6 Å².